The molecule has 0 aliphatic heterocycles. The molecule has 0 heterocycles. The van der Waals surface area contributed by atoms with E-state index in [-0.39, 0.29) is 0 Å². The van der Waals surface area contributed by atoms with Crippen LogP contribution in [0.3, 0.4) is 0 Å². The molecule has 0 spiro atoms. The molecule has 0 bridgehead atoms. The van der Waals surface area contributed by atoms with Gasteiger partial charge in [-0.1, -0.05) is 27.2 Å². The zero-order valence-electron chi connectivity index (χ0n) is 13.1. The van der Waals surface area contributed by atoms with Gasteiger partial charge in [0.15, 0.2) is 0 Å². The van der Waals surface area contributed by atoms with Crippen molar-refractivity contribution >= 4 is 15.7 Å². The quantitative estimate of drug-likeness (QED) is 0.878. The van der Waals surface area contributed by atoms with Crippen LogP contribution in [0, 0.1) is 11.8 Å². The predicted octanol–water partition coefficient (Wildman–Crippen LogP) is 3.22. The van der Waals surface area contributed by atoms with Crippen LogP contribution < -0.4 is 10.0 Å². The van der Waals surface area contributed by atoms with Crippen molar-refractivity contribution in [3.05, 3.63) is 24.3 Å². The smallest absolute Gasteiger partial charge is 0.240 e. The lowest BCUT2D eigenvalue weighted by Gasteiger charge is -2.34. The second-order valence-electron chi connectivity index (χ2n) is 6.17. The summed E-state index contributed by atoms with van der Waals surface area (Å²) in [4.78, 5) is 0.319. The number of nitrogens with one attached hydrogen (secondary N) is 2. The van der Waals surface area contributed by atoms with Crippen LogP contribution in [0.1, 0.15) is 40.0 Å². The summed E-state index contributed by atoms with van der Waals surface area (Å²) in [6.07, 6.45) is 3.74. The van der Waals surface area contributed by atoms with E-state index < -0.39 is 10.0 Å². The van der Waals surface area contributed by atoms with Crippen molar-refractivity contribution < 1.29 is 8.42 Å². The molecule has 0 aromatic heterocycles. The lowest BCUT2D eigenvalue weighted by Crippen LogP contribution is -2.33. The Morgan fingerprint density at radius 1 is 1.14 bits per heavy atom. The molecule has 0 saturated heterocycles. The summed E-state index contributed by atoms with van der Waals surface area (Å²) >= 11 is 0. The highest BCUT2D eigenvalue weighted by Gasteiger charge is 2.25. The third kappa shape index (κ3) is 4.20. The molecule has 3 atom stereocenters. The minimum atomic E-state index is -3.36. The van der Waals surface area contributed by atoms with Gasteiger partial charge in [0, 0.05) is 18.3 Å². The molecule has 1 aliphatic carbocycles. The normalized spacial score (nSPS) is 26.5. The molecule has 5 heteroatoms. The molecule has 1 aromatic rings. The first kappa shape index (κ1) is 16.3. The summed E-state index contributed by atoms with van der Waals surface area (Å²) in [5.74, 6) is 1.42. The zero-order chi connectivity index (χ0) is 15.5. The van der Waals surface area contributed by atoms with Crippen molar-refractivity contribution in [3.8, 4) is 0 Å². The average Bonchev–Trinajstić information content (AvgIpc) is 2.43. The molecule has 21 heavy (non-hydrogen) atoms. The Bertz CT molecular complexity index is 554. The summed E-state index contributed by atoms with van der Waals surface area (Å²) in [6, 6.07) is 7.52. The van der Waals surface area contributed by atoms with Crippen LogP contribution >= 0.6 is 0 Å². The van der Waals surface area contributed by atoms with E-state index in [1.165, 1.54) is 19.3 Å². The largest absolute Gasteiger partial charge is 0.382 e. The van der Waals surface area contributed by atoms with E-state index in [0.717, 1.165) is 11.6 Å². The van der Waals surface area contributed by atoms with Crippen molar-refractivity contribution in [2.24, 2.45) is 11.8 Å². The molecule has 2 rings (SSSR count). The fraction of sp³-hybridized carbons (Fsp3) is 0.625. The van der Waals surface area contributed by atoms with Gasteiger partial charge >= 0.3 is 0 Å². The topological polar surface area (TPSA) is 58.2 Å². The van der Waals surface area contributed by atoms with Crippen molar-refractivity contribution in [1.29, 1.82) is 0 Å². The van der Waals surface area contributed by atoms with Crippen LogP contribution in [-0.4, -0.2) is 21.0 Å². The SMILES string of the molecule is CCNS(=O)(=O)c1ccc(NC2CC(C)CCC2C)cc1. The number of benzene rings is 1. The fourth-order valence-corrected chi connectivity index (χ4v) is 3.99. The Hall–Kier alpha value is -1.07. The molecule has 0 radical (unpaired) electrons. The van der Waals surface area contributed by atoms with Gasteiger partial charge in [-0.25, -0.2) is 13.1 Å². The van der Waals surface area contributed by atoms with Gasteiger partial charge in [-0.05, 0) is 48.9 Å². The van der Waals surface area contributed by atoms with Gasteiger partial charge in [0.25, 0.3) is 0 Å². The highest BCUT2D eigenvalue weighted by molar-refractivity contribution is 7.89. The third-order valence-corrected chi connectivity index (χ3v) is 5.87. The molecular formula is C16H26N2O2S. The Labute approximate surface area is 128 Å². The predicted molar refractivity (Wildman–Crippen MR) is 86.9 cm³/mol. The monoisotopic (exact) mass is 310 g/mol. The van der Waals surface area contributed by atoms with Gasteiger partial charge in [-0.2, -0.15) is 0 Å². The summed E-state index contributed by atoms with van der Waals surface area (Å²) < 4.78 is 26.3. The first-order valence-electron chi connectivity index (χ1n) is 7.78. The second-order valence-corrected chi connectivity index (χ2v) is 7.94. The Morgan fingerprint density at radius 2 is 1.81 bits per heavy atom. The number of sulfonamides is 1. The molecule has 1 saturated carbocycles. The van der Waals surface area contributed by atoms with Gasteiger partial charge in [-0.3, -0.25) is 0 Å². The van der Waals surface area contributed by atoms with Gasteiger partial charge < -0.3 is 5.32 Å². The molecule has 1 aliphatic rings. The lowest BCUT2D eigenvalue weighted by atomic mass is 9.80. The lowest BCUT2D eigenvalue weighted by molar-refractivity contribution is 0.280. The second kappa shape index (κ2) is 6.79. The number of hydrogen-bond acceptors (Lipinski definition) is 3. The van der Waals surface area contributed by atoms with E-state index in [9.17, 15) is 8.42 Å². The van der Waals surface area contributed by atoms with E-state index in [1.54, 1.807) is 19.1 Å². The van der Waals surface area contributed by atoms with E-state index >= 15 is 0 Å². The van der Waals surface area contributed by atoms with Gasteiger partial charge in [-0.15, -0.1) is 0 Å². The molecule has 1 fully saturated rings. The molecule has 4 nitrogen and oxygen atoms in total. The Kier molecular flexibility index (Phi) is 5.27. The average molecular weight is 310 g/mol. The van der Waals surface area contributed by atoms with Crippen LogP contribution in [0.2, 0.25) is 0 Å². The van der Waals surface area contributed by atoms with Gasteiger partial charge in [0.2, 0.25) is 10.0 Å². The van der Waals surface area contributed by atoms with Crippen molar-refractivity contribution in [2.75, 3.05) is 11.9 Å². The highest BCUT2D eigenvalue weighted by atomic mass is 32.2. The van der Waals surface area contributed by atoms with Crippen LogP contribution in [0.15, 0.2) is 29.2 Å². The van der Waals surface area contributed by atoms with Crippen molar-refractivity contribution in [3.63, 3.8) is 0 Å². The minimum absolute atomic E-state index is 0.319. The van der Waals surface area contributed by atoms with E-state index in [1.807, 2.05) is 12.1 Å². The first-order valence-corrected chi connectivity index (χ1v) is 9.27. The Morgan fingerprint density at radius 3 is 2.43 bits per heavy atom. The molecular weight excluding hydrogens is 284 g/mol. The minimum Gasteiger partial charge on any atom is -0.382 e. The maximum absolute atomic E-state index is 11.9. The molecule has 118 valence electrons. The summed E-state index contributed by atoms with van der Waals surface area (Å²) in [7, 11) is -3.36. The van der Waals surface area contributed by atoms with Gasteiger partial charge in [0.1, 0.15) is 0 Å². The number of anilines is 1. The summed E-state index contributed by atoms with van der Waals surface area (Å²) in [5, 5.41) is 3.56. The van der Waals surface area contributed by atoms with E-state index in [4.69, 9.17) is 0 Å². The third-order valence-electron chi connectivity index (χ3n) is 4.31. The molecule has 0 amide bonds. The molecule has 3 unspecified atom stereocenters. The standard InChI is InChI=1S/C16H26N2O2S/c1-4-17-21(19,20)15-9-7-14(8-10-15)18-16-11-12(2)5-6-13(16)3/h7-10,12-13,16-18H,4-6,11H2,1-3H3. The van der Waals surface area contributed by atoms with Crippen LogP contribution in [0.5, 0.6) is 0 Å². The van der Waals surface area contributed by atoms with Crippen LogP contribution in [0.25, 0.3) is 0 Å². The summed E-state index contributed by atoms with van der Waals surface area (Å²) in [5.41, 5.74) is 0.997. The van der Waals surface area contributed by atoms with E-state index in [2.05, 4.69) is 23.9 Å². The summed E-state index contributed by atoms with van der Waals surface area (Å²) in [6.45, 7) is 6.76. The maximum Gasteiger partial charge on any atom is 0.240 e. The molecule has 2 N–H and O–H groups in total. The maximum atomic E-state index is 11.9. The molecule has 1 aromatic carbocycles. The van der Waals surface area contributed by atoms with Gasteiger partial charge in [0.05, 0.1) is 4.90 Å². The first-order chi connectivity index (χ1) is 9.92. The van der Waals surface area contributed by atoms with Crippen LogP contribution in [-0.2, 0) is 10.0 Å². The van der Waals surface area contributed by atoms with E-state index in [0.29, 0.717) is 23.4 Å². The number of rotatable bonds is 5. The Balaban J connectivity index is 2.05. The fourth-order valence-electron chi connectivity index (χ4n) is 2.95. The number of hydrogen-bond donors (Lipinski definition) is 2. The van der Waals surface area contributed by atoms with Crippen LogP contribution in [0.4, 0.5) is 5.69 Å². The zero-order valence-corrected chi connectivity index (χ0v) is 13.9. The van der Waals surface area contributed by atoms with Crippen molar-refractivity contribution in [1.82, 2.24) is 4.72 Å². The highest BCUT2D eigenvalue weighted by Crippen LogP contribution is 2.30. The van der Waals surface area contributed by atoms with Crippen molar-refractivity contribution in [2.45, 2.75) is 51.0 Å².